The number of alkyl halides is 5. The summed E-state index contributed by atoms with van der Waals surface area (Å²) in [4.78, 5) is 23.4. The Balaban J connectivity index is 0.000000370. The molecular weight excluding hydrogens is 401 g/mol. The Morgan fingerprint density at radius 1 is 1.17 bits per heavy atom. The number of aromatic nitrogens is 3. The molecule has 7 nitrogen and oxygen atoms in total. The first-order chi connectivity index (χ1) is 13.4. The minimum absolute atomic E-state index is 0.277. The molecule has 29 heavy (non-hydrogen) atoms. The summed E-state index contributed by atoms with van der Waals surface area (Å²) in [5.41, 5.74) is 0. The summed E-state index contributed by atoms with van der Waals surface area (Å²) >= 11 is 0. The number of carboxylic acids is 1. The molecule has 2 aliphatic rings. The molecule has 1 aliphatic carbocycles. The highest BCUT2D eigenvalue weighted by Crippen LogP contribution is 2.34. The standard InChI is InChI=1S/C15H23F2N5.C2HF3O2/c1-10-8-22(9-15(10,16)17)14-19-11(2)18-13(21-14)20-12-6-4-3-5-7-12;3-2(4,5)1(6)7/h10,12H,3-9H2,1-2H3,(H,18,19,20,21);(H,6,7). The number of nitrogens with zero attached hydrogens (tertiary/aromatic N) is 4. The molecule has 12 heteroatoms. The van der Waals surface area contributed by atoms with E-state index in [0.717, 1.165) is 12.8 Å². The fourth-order valence-electron chi connectivity index (χ4n) is 3.19. The third kappa shape index (κ3) is 6.64. The quantitative estimate of drug-likeness (QED) is 0.715. The molecule has 1 saturated carbocycles. The molecule has 1 unspecified atom stereocenters. The summed E-state index contributed by atoms with van der Waals surface area (Å²) < 4.78 is 59.2. The fourth-order valence-corrected chi connectivity index (χ4v) is 3.19. The Kier molecular flexibility index (Phi) is 7.17. The van der Waals surface area contributed by atoms with Crippen molar-refractivity contribution in [1.29, 1.82) is 0 Å². The molecule has 0 bridgehead atoms. The lowest BCUT2D eigenvalue weighted by Gasteiger charge is -2.23. The molecule has 164 valence electrons. The SMILES string of the molecule is Cc1nc(NC2CCCCC2)nc(N2CC(C)C(F)(F)C2)n1.O=C(O)C(F)(F)F. The maximum absolute atomic E-state index is 13.7. The number of aryl methyl sites for hydroxylation is 1. The molecule has 0 aromatic carbocycles. The van der Waals surface area contributed by atoms with Crippen LogP contribution in [0.25, 0.3) is 0 Å². The van der Waals surface area contributed by atoms with Crippen LogP contribution in [0.5, 0.6) is 0 Å². The van der Waals surface area contributed by atoms with Crippen LogP contribution in [0.3, 0.4) is 0 Å². The third-order valence-electron chi connectivity index (χ3n) is 4.82. The van der Waals surface area contributed by atoms with Crippen molar-refractivity contribution < 1.29 is 31.9 Å². The van der Waals surface area contributed by atoms with Crippen molar-refractivity contribution in [2.75, 3.05) is 23.3 Å². The molecule has 0 amide bonds. The van der Waals surface area contributed by atoms with Crippen LogP contribution in [0.15, 0.2) is 0 Å². The zero-order valence-electron chi connectivity index (χ0n) is 16.1. The number of carbonyl (C=O) groups is 1. The van der Waals surface area contributed by atoms with Crippen LogP contribution >= 0.6 is 0 Å². The van der Waals surface area contributed by atoms with Gasteiger partial charge in [-0.05, 0) is 19.8 Å². The van der Waals surface area contributed by atoms with E-state index in [2.05, 4.69) is 20.3 Å². The molecule has 0 spiro atoms. The van der Waals surface area contributed by atoms with Crippen molar-refractivity contribution in [3.63, 3.8) is 0 Å². The molecule has 2 N–H and O–H groups in total. The van der Waals surface area contributed by atoms with Crippen LogP contribution in [0, 0.1) is 12.8 Å². The second-order valence-corrected chi connectivity index (χ2v) is 7.33. The Morgan fingerprint density at radius 3 is 2.24 bits per heavy atom. The molecule has 1 atom stereocenters. The van der Waals surface area contributed by atoms with Gasteiger partial charge < -0.3 is 15.3 Å². The monoisotopic (exact) mass is 425 g/mol. The third-order valence-corrected chi connectivity index (χ3v) is 4.82. The molecule has 0 radical (unpaired) electrons. The Bertz CT molecular complexity index is 710. The van der Waals surface area contributed by atoms with Crippen molar-refractivity contribution in [3.8, 4) is 0 Å². The average molecular weight is 425 g/mol. The molecule has 1 aromatic heterocycles. The van der Waals surface area contributed by atoms with Gasteiger partial charge in [0.05, 0.1) is 6.54 Å². The number of nitrogens with one attached hydrogen (secondary N) is 1. The van der Waals surface area contributed by atoms with Crippen LogP contribution in [-0.2, 0) is 4.79 Å². The van der Waals surface area contributed by atoms with E-state index in [9.17, 15) is 22.0 Å². The average Bonchev–Trinajstić information content (AvgIpc) is 2.88. The zero-order chi connectivity index (χ0) is 21.8. The van der Waals surface area contributed by atoms with Gasteiger partial charge in [-0.15, -0.1) is 0 Å². The number of hydrogen-bond acceptors (Lipinski definition) is 6. The van der Waals surface area contributed by atoms with E-state index in [1.807, 2.05) is 0 Å². The van der Waals surface area contributed by atoms with E-state index in [0.29, 0.717) is 23.8 Å². The number of carboxylic acid groups (broad SMARTS) is 1. The highest BCUT2D eigenvalue weighted by Gasteiger charge is 2.46. The summed E-state index contributed by atoms with van der Waals surface area (Å²) in [6.45, 7) is 3.30. The largest absolute Gasteiger partial charge is 0.490 e. The first kappa shape index (κ1) is 23.0. The lowest BCUT2D eigenvalue weighted by molar-refractivity contribution is -0.192. The van der Waals surface area contributed by atoms with Gasteiger partial charge >= 0.3 is 12.1 Å². The van der Waals surface area contributed by atoms with Crippen LogP contribution in [-0.4, -0.2) is 57.3 Å². The molecule has 1 saturated heterocycles. The van der Waals surface area contributed by atoms with Crippen LogP contribution < -0.4 is 10.2 Å². The topological polar surface area (TPSA) is 91.2 Å². The maximum Gasteiger partial charge on any atom is 0.490 e. The summed E-state index contributed by atoms with van der Waals surface area (Å²) in [6.07, 6.45) is 0.840. The number of halogens is 5. The fraction of sp³-hybridized carbons (Fsp3) is 0.765. The van der Waals surface area contributed by atoms with Gasteiger partial charge in [0.1, 0.15) is 5.82 Å². The van der Waals surface area contributed by atoms with Crippen LogP contribution in [0.2, 0.25) is 0 Å². The minimum atomic E-state index is -5.08. The number of hydrogen-bond donors (Lipinski definition) is 2. The van der Waals surface area contributed by atoms with Gasteiger partial charge in [0.25, 0.3) is 5.92 Å². The van der Waals surface area contributed by atoms with Crippen molar-refractivity contribution in [1.82, 2.24) is 15.0 Å². The van der Waals surface area contributed by atoms with Gasteiger partial charge in [0, 0.05) is 18.5 Å². The predicted molar refractivity (Wildman–Crippen MR) is 95.1 cm³/mol. The molecular formula is C17H24F5N5O2. The summed E-state index contributed by atoms with van der Waals surface area (Å²) in [7, 11) is 0. The Morgan fingerprint density at radius 2 is 1.76 bits per heavy atom. The minimum Gasteiger partial charge on any atom is -0.475 e. The number of aliphatic carboxylic acids is 1. The molecule has 1 aliphatic heterocycles. The molecule has 3 rings (SSSR count). The zero-order valence-corrected chi connectivity index (χ0v) is 16.1. The van der Waals surface area contributed by atoms with E-state index in [1.54, 1.807) is 18.7 Å². The predicted octanol–water partition coefficient (Wildman–Crippen LogP) is 3.65. The van der Waals surface area contributed by atoms with E-state index in [4.69, 9.17) is 9.90 Å². The molecule has 2 heterocycles. The van der Waals surface area contributed by atoms with Gasteiger partial charge in [-0.25, -0.2) is 13.6 Å². The summed E-state index contributed by atoms with van der Waals surface area (Å²) in [5.74, 6) is -4.69. The lowest BCUT2D eigenvalue weighted by atomic mass is 9.96. The van der Waals surface area contributed by atoms with E-state index in [-0.39, 0.29) is 13.1 Å². The second-order valence-electron chi connectivity index (χ2n) is 7.33. The van der Waals surface area contributed by atoms with Crippen LogP contribution in [0.4, 0.5) is 33.8 Å². The number of anilines is 2. The van der Waals surface area contributed by atoms with Crippen molar-refractivity contribution in [2.24, 2.45) is 5.92 Å². The lowest BCUT2D eigenvalue weighted by Crippen LogP contribution is -2.29. The highest BCUT2D eigenvalue weighted by atomic mass is 19.4. The van der Waals surface area contributed by atoms with Gasteiger partial charge in [-0.3, -0.25) is 0 Å². The van der Waals surface area contributed by atoms with E-state index in [1.165, 1.54) is 19.3 Å². The summed E-state index contributed by atoms with van der Waals surface area (Å²) in [5, 5.41) is 10.5. The molecule has 1 aromatic rings. The first-order valence-corrected chi connectivity index (χ1v) is 9.30. The Hall–Kier alpha value is -2.27. The first-order valence-electron chi connectivity index (χ1n) is 9.30. The Labute approximate surface area is 164 Å². The van der Waals surface area contributed by atoms with Gasteiger partial charge in [0.2, 0.25) is 11.9 Å². The van der Waals surface area contributed by atoms with Gasteiger partial charge in [0.15, 0.2) is 0 Å². The van der Waals surface area contributed by atoms with Crippen molar-refractivity contribution >= 4 is 17.9 Å². The van der Waals surface area contributed by atoms with Gasteiger partial charge in [-0.2, -0.15) is 28.1 Å². The van der Waals surface area contributed by atoms with Crippen molar-refractivity contribution in [2.45, 2.75) is 64.1 Å². The van der Waals surface area contributed by atoms with E-state index < -0.39 is 24.0 Å². The molecule has 2 fully saturated rings. The summed E-state index contributed by atoms with van der Waals surface area (Å²) in [6, 6.07) is 0.377. The maximum atomic E-state index is 13.7. The van der Waals surface area contributed by atoms with Crippen LogP contribution in [0.1, 0.15) is 44.9 Å². The highest BCUT2D eigenvalue weighted by molar-refractivity contribution is 5.73. The smallest absolute Gasteiger partial charge is 0.475 e. The van der Waals surface area contributed by atoms with Gasteiger partial charge in [-0.1, -0.05) is 26.2 Å². The normalized spacial score (nSPS) is 22.0. The number of rotatable bonds is 3. The van der Waals surface area contributed by atoms with E-state index >= 15 is 0 Å². The van der Waals surface area contributed by atoms with Crippen molar-refractivity contribution in [3.05, 3.63) is 5.82 Å². The second kappa shape index (κ2) is 9.04.